The Kier molecular flexibility index (Phi) is 4.87. The number of carbonyl (C=O) groups excluding carboxylic acids is 1. The van der Waals surface area contributed by atoms with E-state index in [9.17, 15) is 4.79 Å². The molecule has 0 aliphatic heterocycles. The van der Waals surface area contributed by atoms with Crippen molar-refractivity contribution in [2.45, 2.75) is 57.5 Å². The first-order valence-electron chi connectivity index (χ1n) is 9.65. The van der Waals surface area contributed by atoms with Gasteiger partial charge in [-0.1, -0.05) is 24.3 Å². The molecular formula is C21H26N4O. The van der Waals surface area contributed by atoms with Crippen molar-refractivity contribution in [3.8, 4) is 11.1 Å². The lowest BCUT2D eigenvalue weighted by Gasteiger charge is -2.26. The fraction of sp³-hybridized carbons (Fsp3) is 0.476. The standard InChI is InChI=1S/C21H26N4O/c1-14(24-20(26)17-9-10-17)11-15-5-7-16(8-6-15)18-12-22-21(23-13-18)25-19-3-2-4-19/h5-8,12-14,17,19H,2-4,9-11H2,1H3,(H,24,26)(H,22,23,25). The molecule has 5 nitrogen and oxygen atoms in total. The normalized spacial score (nSPS) is 18.0. The number of benzene rings is 1. The molecule has 1 aromatic heterocycles. The number of nitrogens with one attached hydrogen (secondary N) is 2. The predicted octanol–water partition coefficient (Wildman–Crippen LogP) is 3.57. The van der Waals surface area contributed by atoms with Gasteiger partial charge in [0.15, 0.2) is 0 Å². The van der Waals surface area contributed by atoms with Crippen molar-refractivity contribution in [3.63, 3.8) is 0 Å². The fourth-order valence-corrected chi connectivity index (χ4v) is 3.23. The van der Waals surface area contributed by atoms with E-state index in [4.69, 9.17) is 0 Å². The molecule has 1 unspecified atom stereocenters. The fourth-order valence-electron chi connectivity index (χ4n) is 3.23. The van der Waals surface area contributed by atoms with Crippen LogP contribution in [0.15, 0.2) is 36.7 Å². The highest BCUT2D eigenvalue weighted by Gasteiger charge is 2.30. The van der Waals surface area contributed by atoms with Gasteiger partial charge in [0.05, 0.1) is 0 Å². The Hall–Kier alpha value is -2.43. The molecule has 0 radical (unpaired) electrons. The van der Waals surface area contributed by atoms with Crippen LogP contribution in [0.3, 0.4) is 0 Å². The molecule has 1 atom stereocenters. The summed E-state index contributed by atoms with van der Waals surface area (Å²) in [5, 5.41) is 6.46. The molecule has 2 N–H and O–H groups in total. The maximum absolute atomic E-state index is 11.8. The zero-order chi connectivity index (χ0) is 17.9. The molecule has 1 aromatic carbocycles. The van der Waals surface area contributed by atoms with Gasteiger partial charge in [-0.15, -0.1) is 0 Å². The van der Waals surface area contributed by atoms with Gasteiger partial charge in [0, 0.05) is 36.0 Å². The van der Waals surface area contributed by atoms with Gasteiger partial charge < -0.3 is 10.6 Å². The summed E-state index contributed by atoms with van der Waals surface area (Å²) in [6.45, 7) is 2.07. The lowest BCUT2D eigenvalue weighted by Crippen LogP contribution is -2.35. The van der Waals surface area contributed by atoms with Crippen molar-refractivity contribution >= 4 is 11.9 Å². The number of anilines is 1. The van der Waals surface area contributed by atoms with Crippen molar-refractivity contribution in [1.82, 2.24) is 15.3 Å². The van der Waals surface area contributed by atoms with Crippen molar-refractivity contribution in [3.05, 3.63) is 42.2 Å². The second-order valence-corrected chi connectivity index (χ2v) is 7.65. The third kappa shape index (κ3) is 4.21. The Balaban J connectivity index is 1.33. The predicted molar refractivity (Wildman–Crippen MR) is 103 cm³/mol. The summed E-state index contributed by atoms with van der Waals surface area (Å²) in [7, 11) is 0. The maximum atomic E-state index is 11.8. The largest absolute Gasteiger partial charge is 0.353 e. The highest BCUT2D eigenvalue weighted by atomic mass is 16.2. The minimum atomic E-state index is 0.161. The van der Waals surface area contributed by atoms with Crippen LogP contribution in [-0.2, 0) is 11.2 Å². The Bertz CT molecular complexity index is 749. The SMILES string of the molecule is CC(Cc1ccc(-c2cnc(NC3CCC3)nc2)cc1)NC(=O)C1CC1. The molecule has 2 saturated carbocycles. The second-order valence-electron chi connectivity index (χ2n) is 7.65. The molecule has 2 aliphatic rings. The van der Waals surface area contributed by atoms with Gasteiger partial charge in [0.25, 0.3) is 0 Å². The van der Waals surface area contributed by atoms with Crippen LogP contribution in [0.5, 0.6) is 0 Å². The van der Waals surface area contributed by atoms with Gasteiger partial charge in [-0.25, -0.2) is 9.97 Å². The van der Waals surface area contributed by atoms with Crippen LogP contribution in [0.25, 0.3) is 11.1 Å². The average molecular weight is 350 g/mol. The molecule has 4 rings (SSSR count). The van der Waals surface area contributed by atoms with Crippen LogP contribution in [0.4, 0.5) is 5.95 Å². The molecular weight excluding hydrogens is 324 g/mol. The van der Waals surface area contributed by atoms with Crippen LogP contribution in [-0.4, -0.2) is 28.0 Å². The molecule has 0 bridgehead atoms. The van der Waals surface area contributed by atoms with Gasteiger partial charge in [-0.2, -0.15) is 0 Å². The van der Waals surface area contributed by atoms with E-state index in [1.807, 2.05) is 12.4 Å². The van der Waals surface area contributed by atoms with E-state index in [1.54, 1.807) is 0 Å². The Morgan fingerprint density at radius 3 is 2.35 bits per heavy atom. The number of nitrogens with zero attached hydrogens (tertiary/aromatic N) is 2. The molecule has 0 spiro atoms. The maximum Gasteiger partial charge on any atom is 0.223 e. The third-order valence-electron chi connectivity index (χ3n) is 5.26. The van der Waals surface area contributed by atoms with Gasteiger partial charge in [0.1, 0.15) is 0 Å². The van der Waals surface area contributed by atoms with E-state index in [2.05, 4.69) is 51.8 Å². The number of carbonyl (C=O) groups is 1. The summed E-state index contributed by atoms with van der Waals surface area (Å²) in [6.07, 6.45) is 10.4. The van der Waals surface area contributed by atoms with Crippen LogP contribution < -0.4 is 10.6 Å². The molecule has 136 valence electrons. The lowest BCUT2D eigenvalue weighted by molar-refractivity contribution is -0.122. The van der Waals surface area contributed by atoms with Crippen molar-refractivity contribution in [2.24, 2.45) is 5.92 Å². The lowest BCUT2D eigenvalue weighted by atomic mass is 9.93. The van der Waals surface area contributed by atoms with E-state index in [1.165, 1.54) is 24.8 Å². The van der Waals surface area contributed by atoms with Crippen LogP contribution in [0, 0.1) is 5.92 Å². The number of hydrogen-bond acceptors (Lipinski definition) is 4. The van der Waals surface area contributed by atoms with E-state index >= 15 is 0 Å². The molecule has 2 aromatic rings. The number of hydrogen-bond donors (Lipinski definition) is 2. The minimum Gasteiger partial charge on any atom is -0.353 e. The Morgan fingerprint density at radius 2 is 1.77 bits per heavy atom. The molecule has 5 heteroatoms. The third-order valence-corrected chi connectivity index (χ3v) is 5.26. The number of amides is 1. The molecule has 26 heavy (non-hydrogen) atoms. The van der Waals surface area contributed by atoms with Gasteiger partial charge in [0.2, 0.25) is 11.9 Å². The quantitative estimate of drug-likeness (QED) is 0.801. The summed E-state index contributed by atoms with van der Waals surface area (Å²) in [5.74, 6) is 1.19. The summed E-state index contributed by atoms with van der Waals surface area (Å²) in [6, 6.07) is 9.15. The highest BCUT2D eigenvalue weighted by molar-refractivity contribution is 5.81. The monoisotopic (exact) mass is 350 g/mol. The zero-order valence-corrected chi connectivity index (χ0v) is 15.2. The number of rotatable bonds is 7. The summed E-state index contributed by atoms with van der Waals surface area (Å²) in [5.41, 5.74) is 3.35. The van der Waals surface area contributed by atoms with Crippen LogP contribution >= 0.6 is 0 Å². The molecule has 2 aliphatic carbocycles. The first kappa shape index (κ1) is 17.0. The molecule has 2 fully saturated rings. The second kappa shape index (κ2) is 7.44. The summed E-state index contributed by atoms with van der Waals surface area (Å²) < 4.78 is 0. The van der Waals surface area contributed by atoms with Crippen molar-refractivity contribution in [2.75, 3.05) is 5.32 Å². The van der Waals surface area contributed by atoms with Gasteiger partial charge in [-0.3, -0.25) is 4.79 Å². The Morgan fingerprint density at radius 1 is 1.08 bits per heavy atom. The van der Waals surface area contributed by atoms with E-state index in [0.717, 1.165) is 36.3 Å². The minimum absolute atomic E-state index is 0.161. The van der Waals surface area contributed by atoms with Crippen LogP contribution in [0.2, 0.25) is 0 Å². The highest BCUT2D eigenvalue weighted by Crippen LogP contribution is 2.29. The van der Waals surface area contributed by atoms with Gasteiger partial charge >= 0.3 is 0 Å². The molecule has 1 amide bonds. The van der Waals surface area contributed by atoms with E-state index < -0.39 is 0 Å². The Labute approximate surface area is 154 Å². The van der Waals surface area contributed by atoms with Gasteiger partial charge in [-0.05, 0) is 56.6 Å². The van der Waals surface area contributed by atoms with Crippen molar-refractivity contribution < 1.29 is 4.79 Å². The number of aromatic nitrogens is 2. The van der Waals surface area contributed by atoms with E-state index in [0.29, 0.717) is 6.04 Å². The summed E-state index contributed by atoms with van der Waals surface area (Å²) in [4.78, 5) is 20.7. The first-order valence-corrected chi connectivity index (χ1v) is 9.65. The van der Waals surface area contributed by atoms with E-state index in [-0.39, 0.29) is 17.9 Å². The first-order chi connectivity index (χ1) is 12.7. The van der Waals surface area contributed by atoms with Crippen molar-refractivity contribution in [1.29, 1.82) is 0 Å². The topological polar surface area (TPSA) is 66.9 Å². The zero-order valence-electron chi connectivity index (χ0n) is 15.2. The molecule has 0 saturated heterocycles. The van der Waals surface area contributed by atoms with Crippen LogP contribution in [0.1, 0.15) is 44.6 Å². The average Bonchev–Trinajstić information content (AvgIpc) is 3.44. The smallest absolute Gasteiger partial charge is 0.223 e. The summed E-state index contributed by atoms with van der Waals surface area (Å²) >= 11 is 0. The molecule has 1 heterocycles.